The van der Waals surface area contributed by atoms with Crippen molar-refractivity contribution in [2.24, 2.45) is 0 Å². The molecule has 198 valence electrons. The molecule has 1 unspecified atom stereocenters. The van der Waals surface area contributed by atoms with E-state index in [2.05, 4.69) is 75.4 Å². The molecule has 0 aliphatic carbocycles. The highest BCUT2D eigenvalue weighted by Crippen LogP contribution is 2.30. The highest BCUT2D eigenvalue weighted by Gasteiger charge is 2.28. The third-order valence-corrected chi connectivity index (χ3v) is 6.72. The van der Waals surface area contributed by atoms with Gasteiger partial charge in [0.15, 0.2) is 0 Å². The summed E-state index contributed by atoms with van der Waals surface area (Å²) in [5.74, 6) is 0.811. The number of aromatic nitrogens is 2. The summed E-state index contributed by atoms with van der Waals surface area (Å²) in [7, 11) is 0. The summed E-state index contributed by atoms with van der Waals surface area (Å²) >= 11 is 0. The number of aliphatic hydroxyl groups excluding tert-OH is 1. The first-order valence-electron chi connectivity index (χ1n) is 12.1. The van der Waals surface area contributed by atoms with Gasteiger partial charge in [0, 0.05) is 44.0 Å². The van der Waals surface area contributed by atoms with Gasteiger partial charge in [0.1, 0.15) is 11.9 Å². The van der Waals surface area contributed by atoms with Gasteiger partial charge in [-0.1, -0.05) is 91.0 Å². The second-order valence-corrected chi connectivity index (χ2v) is 9.04. The molecule has 0 radical (unpaired) electrons. The SMILES string of the molecule is Cc1[nH]c(-c2ccccc2)nc1C(O)CN1CCN(C(c2ccccc2)c2ccccc2)CC1.Cl.Cl.Cl. The molecule has 2 heterocycles. The minimum atomic E-state index is -0.612. The van der Waals surface area contributed by atoms with E-state index in [9.17, 15) is 5.11 Å². The number of hydrogen-bond acceptors (Lipinski definition) is 4. The molecular formula is C29H35Cl3N4O. The van der Waals surface area contributed by atoms with E-state index in [1.807, 2.05) is 37.3 Å². The molecule has 0 saturated carbocycles. The molecule has 1 aliphatic heterocycles. The first kappa shape index (κ1) is 30.8. The van der Waals surface area contributed by atoms with Crippen molar-refractivity contribution in [1.82, 2.24) is 19.8 Å². The van der Waals surface area contributed by atoms with Crippen molar-refractivity contribution in [3.63, 3.8) is 0 Å². The van der Waals surface area contributed by atoms with Crippen LogP contribution in [-0.2, 0) is 0 Å². The van der Waals surface area contributed by atoms with Crippen molar-refractivity contribution >= 4 is 37.2 Å². The van der Waals surface area contributed by atoms with Crippen LogP contribution < -0.4 is 0 Å². The molecule has 1 fully saturated rings. The smallest absolute Gasteiger partial charge is 0.137 e. The Morgan fingerprint density at radius 2 is 1.24 bits per heavy atom. The Morgan fingerprint density at radius 3 is 1.76 bits per heavy atom. The molecule has 5 rings (SSSR count). The molecule has 4 aromatic rings. The maximum atomic E-state index is 11.0. The molecule has 5 nitrogen and oxygen atoms in total. The van der Waals surface area contributed by atoms with Gasteiger partial charge < -0.3 is 10.1 Å². The van der Waals surface area contributed by atoms with Crippen LogP contribution in [0, 0.1) is 6.92 Å². The van der Waals surface area contributed by atoms with Crippen molar-refractivity contribution in [2.75, 3.05) is 32.7 Å². The highest BCUT2D eigenvalue weighted by atomic mass is 35.5. The van der Waals surface area contributed by atoms with Crippen LogP contribution in [0.15, 0.2) is 91.0 Å². The molecule has 8 heteroatoms. The molecular weight excluding hydrogens is 527 g/mol. The summed E-state index contributed by atoms with van der Waals surface area (Å²) in [5.41, 5.74) is 5.35. The van der Waals surface area contributed by atoms with Gasteiger partial charge in [-0.25, -0.2) is 4.98 Å². The normalized spacial score (nSPS) is 14.8. The number of rotatable bonds is 7. The Morgan fingerprint density at radius 1 is 0.757 bits per heavy atom. The Labute approximate surface area is 238 Å². The molecule has 1 aromatic heterocycles. The molecule has 1 saturated heterocycles. The molecule has 0 amide bonds. The average Bonchev–Trinajstić information content (AvgIpc) is 3.29. The number of H-pyrrole nitrogens is 1. The van der Waals surface area contributed by atoms with E-state index in [-0.39, 0.29) is 43.3 Å². The third kappa shape index (κ3) is 7.35. The molecule has 2 N–H and O–H groups in total. The largest absolute Gasteiger partial charge is 0.385 e. The standard InChI is InChI=1S/C29H32N4O.3ClH/c1-22-27(31-29(30-22)25-15-9-4-10-16-25)26(34)21-32-17-19-33(20-18-32)28(23-11-5-2-6-12-23)24-13-7-3-8-14-24;;;/h2-16,26,28,34H,17-21H2,1H3,(H,30,31);3*1H. The Kier molecular flexibility index (Phi) is 12.1. The number of aryl methyl sites for hydroxylation is 1. The van der Waals surface area contributed by atoms with Gasteiger partial charge in [-0.2, -0.15) is 0 Å². The zero-order valence-corrected chi connectivity index (χ0v) is 23.3. The number of halogens is 3. The summed E-state index contributed by atoms with van der Waals surface area (Å²) in [6.45, 7) is 6.33. The second-order valence-electron chi connectivity index (χ2n) is 9.04. The van der Waals surface area contributed by atoms with Gasteiger partial charge in [0.05, 0.1) is 11.7 Å². The first-order valence-corrected chi connectivity index (χ1v) is 12.1. The fourth-order valence-corrected chi connectivity index (χ4v) is 4.95. The Bertz CT molecular complexity index is 1140. The van der Waals surface area contributed by atoms with Crippen LogP contribution in [0.3, 0.4) is 0 Å². The van der Waals surface area contributed by atoms with Gasteiger partial charge in [-0.05, 0) is 18.1 Å². The third-order valence-electron chi connectivity index (χ3n) is 6.72. The molecule has 1 aliphatic rings. The number of hydrogen-bond donors (Lipinski definition) is 2. The van der Waals surface area contributed by atoms with Gasteiger partial charge in [-0.3, -0.25) is 9.80 Å². The topological polar surface area (TPSA) is 55.4 Å². The monoisotopic (exact) mass is 560 g/mol. The summed E-state index contributed by atoms with van der Waals surface area (Å²) < 4.78 is 0. The molecule has 0 bridgehead atoms. The summed E-state index contributed by atoms with van der Waals surface area (Å²) in [4.78, 5) is 13.0. The molecule has 37 heavy (non-hydrogen) atoms. The quantitative estimate of drug-likeness (QED) is 0.287. The number of β-amino-alcohol motifs (C(OH)–C–C–N with tert-alkyl or cyclic N) is 1. The van der Waals surface area contributed by atoms with Crippen molar-refractivity contribution in [2.45, 2.75) is 19.1 Å². The number of nitrogens with zero attached hydrogens (tertiary/aromatic N) is 3. The lowest BCUT2D eigenvalue weighted by atomic mass is 9.96. The van der Waals surface area contributed by atoms with Gasteiger partial charge >= 0.3 is 0 Å². The predicted octanol–water partition coefficient (Wildman–Crippen LogP) is 6.09. The zero-order valence-electron chi connectivity index (χ0n) is 20.9. The van der Waals surface area contributed by atoms with Crippen molar-refractivity contribution in [3.8, 4) is 11.4 Å². The lowest BCUT2D eigenvalue weighted by molar-refractivity contribution is 0.0606. The fourth-order valence-electron chi connectivity index (χ4n) is 4.95. The van der Waals surface area contributed by atoms with Crippen molar-refractivity contribution in [3.05, 3.63) is 114 Å². The van der Waals surface area contributed by atoms with Crippen LogP contribution in [0.2, 0.25) is 0 Å². The van der Waals surface area contributed by atoms with E-state index in [1.165, 1.54) is 11.1 Å². The number of aliphatic hydroxyl groups is 1. The maximum Gasteiger partial charge on any atom is 0.137 e. The Balaban J connectivity index is 0.00000160. The first-order chi connectivity index (χ1) is 16.7. The van der Waals surface area contributed by atoms with Crippen LogP contribution in [0.25, 0.3) is 11.4 Å². The number of nitrogens with one attached hydrogen (secondary N) is 1. The van der Waals surface area contributed by atoms with Crippen LogP contribution >= 0.6 is 37.2 Å². The summed E-state index contributed by atoms with van der Waals surface area (Å²) in [6.07, 6.45) is -0.612. The van der Waals surface area contributed by atoms with Crippen LogP contribution in [0.5, 0.6) is 0 Å². The lowest BCUT2D eigenvalue weighted by Crippen LogP contribution is -2.48. The number of benzene rings is 3. The van der Waals surface area contributed by atoms with Crippen LogP contribution in [0.1, 0.15) is 34.7 Å². The maximum absolute atomic E-state index is 11.0. The van der Waals surface area contributed by atoms with E-state index in [0.717, 1.165) is 49.0 Å². The molecule has 1 atom stereocenters. The number of imidazole rings is 1. The average molecular weight is 562 g/mol. The van der Waals surface area contributed by atoms with Crippen LogP contribution in [-0.4, -0.2) is 57.6 Å². The number of aromatic amines is 1. The van der Waals surface area contributed by atoms with Gasteiger partial charge in [-0.15, -0.1) is 37.2 Å². The van der Waals surface area contributed by atoms with E-state index in [1.54, 1.807) is 0 Å². The van der Waals surface area contributed by atoms with Gasteiger partial charge in [0.2, 0.25) is 0 Å². The number of piperazine rings is 1. The predicted molar refractivity (Wildman–Crippen MR) is 158 cm³/mol. The summed E-state index contributed by atoms with van der Waals surface area (Å²) in [6, 6.07) is 31.8. The van der Waals surface area contributed by atoms with E-state index in [0.29, 0.717) is 6.54 Å². The fraction of sp³-hybridized carbons (Fsp3) is 0.276. The molecule has 3 aromatic carbocycles. The second kappa shape index (κ2) is 14.5. The van der Waals surface area contributed by atoms with Crippen molar-refractivity contribution in [1.29, 1.82) is 0 Å². The summed E-state index contributed by atoms with van der Waals surface area (Å²) in [5, 5.41) is 11.0. The lowest BCUT2D eigenvalue weighted by Gasteiger charge is -2.40. The minimum Gasteiger partial charge on any atom is -0.385 e. The zero-order chi connectivity index (χ0) is 23.3. The van der Waals surface area contributed by atoms with Gasteiger partial charge in [0.25, 0.3) is 0 Å². The molecule has 0 spiro atoms. The van der Waals surface area contributed by atoms with Crippen molar-refractivity contribution < 1.29 is 5.11 Å². The van der Waals surface area contributed by atoms with E-state index < -0.39 is 6.10 Å². The van der Waals surface area contributed by atoms with Crippen LogP contribution in [0.4, 0.5) is 0 Å². The van der Waals surface area contributed by atoms with E-state index in [4.69, 9.17) is 4.98 Å². The highest BCUT2D eigenvalue weighted by molar-refractivity contribution is 5.86. The Hall–Kier alpha value is -2.38. The van der Waals surface area contributed by atoms with E-state index >= 15 is 0 Å². The minimum absolute atomic E-state index is 0.